The van der Waals surface area contributed by atoms with Crippen molar-refractivity contribution in [3.63, 3.8) is 0 Å². The van der Waals surface area contributed by atoms with Crippen molar-refractivity contribution in [3.8, 4) is 28.7 Å². The number of carbonyl (C=O) groups is 2. The van der Waals surface area contributed by atoms with Crippen LogP contribution in [0, 0.1) is 5.92 Å². The van der Waals surface area contributed by atoms with Gasteiger partial charge in [0, 0.05) is 12.1 Å². The molecule has 9 nitrogen and oxygen atoms in total. The average molecular weight is 466 g/mol. The molecule has 10 heteroatoms. The number of ether oxygens (including phenoxy) is 5. The molecule has 2 aromatic rings. The predicted octanol–water partition coefficient (Wildman–Crippen LogP) is 2.91. The second-order valence-electron chi connectivity index (χ2n) is 6.89. The summed E-state index contributed by atoms with van der Waals surface area (Å²) in [7, 11) is 5.88. The van der Waals surface area contributed by atoms with E-state index < -0.39 is 17.9 Å². The smallest absolute Gasteiger partial charge is 0.320 e. The van der Waals surface area contributed by atoms with E-state index in [2.05, 4.69) is 0 Å². The topological polar surface area (TPSA) is 104 Å². The van der Waals surface area contributed by atoms with Crippen molar-refractivity contribution in [1.29, 1.82) is 0 Å². The molecule has 0 saturated carbocycles. The van der Waals surface area contributed by atoms with E-state index in [-0.39, 0.29) is 24.1 Å². The predicted molar refractivity (Wildman–Crippen MR) is 116 cm³/mol. The summed E-state index contributed by atoms with van der Waals surface area (Å²) in [5.74, 6) is -0.526. The van der Waals surface area contributed by atoms with Gasteiger partial charge in [0.25, 0.3) is 0 Å². The number of hydrogen-bond donors (Lipinski definition) is 1. The SMILES string of the molecule is COc1ccc([C@H]2[C@@H](COC(=O)CCl)C(=O)N2c2cc(OC)c(OC)c(OC)c2)cc1O. The van der Waals surface area contributed by atoms with Gasteiger partial charge in [-0.15, -0.1) is 11.6 Å². The van der Waals surface area contributed by atoms with E-state index in [4.69, 9.17) is 35.3 Å². The average Bonchev–Trinajstić information content (AvgIpc) is 2.81. The van der Waals surface area contributed by atoms with Gasteiger partial charge in [0.05, 0.1) is 46.1 Å². The number of hydrogen-bond acceptors (Lipinski definition) is 8. The standard InChI is InChI=1S/C22H24ClNO8/c1-28-16-6-5-12(7-15(16)25)20-14(11-32-19(26)10-23)22(27)24(20)13-8-17(29-2)21(31-4)18(9-13)30-3/h5-9,14,20,25H,10-11H2,1-4H3/t14-,20+/m1/s1. The van der Waals surface area contributed by atoms with Crippen molar-refractivity contribution in [2.45, 2.75) is 6.04 Å². The number of amides is 1. The van der Waals surface area contributed by atoms with E-state index in [1.54, 1.807) is 24.3 Å². The van der Waals surface area contributed by atoms with E-state index in [1.807, 2.05) is 0 Å². The minimum atomic E-state index is -0.672. The van der Waals surface area contributed by atoms with E-state index in [0.29, 0.717) is 34.2 Å². The molecule has 2 atom stereocenters. The molecule has 0 bridgehead atoms. The van der Waals surface area contributed by atoms with Gasteiger partial charge in [0.2, 0.25) is 11.7 Å². The van der Waals surface area contributed by atoms with Crippen molar-refractivity contribution < 1.29 is 38.4 Å². The van der Waals surface area contributed by atoms with Crippen molar-refractivity contribution >= 4 is 29.2 Å². The van der Waals surface area contributed by atoms with Crippen LogP contribution < -0.4 is 23.8 Å². The van der Waals surface area contributed by atoms with Crippen LogP contribution in [0.5, 0.6) is 28.7 Å². The molecule has 1 fully saturated rings. The van der Waals surface area contributed by atoms with E-state index in [9.17, 15) is 14.7 Å². The molecule has 1 N–H and O–H groups in total. The highest BCUT2D eigenvalue weighted by Gasteiger charge is 2.50. The second-order valence-corrected chi connectivity index (χ2v) is 7.16. The summed E-state index contributed by atoms with van der Waals surface area (Å²) < 4.78 is 26.4. The molecule has 32 heavy (non-hydrogen) atoms. The van der Waals surface area contributed by atoms with Gasteiger partial charge in [0.15, 0.2) is 23.0 Å². The third-order valence-corrected chi connectivity index (χ3v) is 5.44. The summed E-state index contributed by atoms with van der Waals surface area (Å²) in [4.78, 5) is 26.2. The molecule has 0 spiro atoms. The third kappa shape index (κ3) is 4.20. The zero-order valence-electron chi connectivity index (χ0n) is 18.1. The Bertz CT molecular complexity index is 986. The summed E-state index contributed by atoms with van der Waals surface area (Å²) in [6, 6.07) is 7.61. The van der Waals surface area contributed by atoms with Gasteiger partial charge in [-0.25, -0.2) is 0 Å². The first-order valence-electron chi connectivity index (χ1n) is 9.61. The zero-order chi connectivity index (χ0) is 23.4. The quantitative estimate of drug-likeness (QED) is 0.342. The van der Waals surface area contributed by atoms with Crippen LogP contribution in [-0.4, -0.2) is 57.9 Å². The van der Waals surface area contributed by atoms with Crippen LogP contribution in [0.2, 0.25) is 0 Å². The molecule has 1 aliphatic rings. The number of phenols is 1. The van der Waals surface area contributed by atoms with Crippen LogP contribution in [0.15, 0.2) is 30.3 Å². The lowest BCUT2D eigenvalue weighted by Gasteiger charge is -2.47. The highest BCUT2D eigenvalue weighted by Crippen LogP contribution is 2.49. The molecular formula is C22H24ClNO8. The molecule has 3 rings (SSSR count). The summed E-state index contributed by atoms with van der Waals surface area (Å²) in [5.41, 5.74) is 1.12. The normalized spacial score (nSPS) is 17.4. The zero-order valence-corrected chi connectivity index (χ0v) is 18.8. The second kappa shape index (κ2) is 9.86. The fourth-order valence-corrected chi connectivity index (χ4v) is 3.78. The Morgan fingerprint density at radius 1 is 1.00 bits per heavy atom. The molecular weight excluding hydrogens is 442 g/mol. The van der Waals surface area contributed by atoms with Gasteiger partial charge < -0.3 is 33.7 Å². The van der Waals surface area contributed by atoms with Crippen LogP contribution in [-0.2, 0) is 14.3 Å². The van der Waals surface area contributed by atoms with Gasteiger partial charge in [-0.2, -0.15) is 0 Å². The number of carbonyl (C=O) groups excluding carboxylic acids is 2. The third-order valence-electron chi connectivity index (χ3n) is 5.22. The molecule has 0 aromatic heterocycles. The number of phenolic OH excluding ortho intramolecular Hbond substituents is 1. The maximum atomic E-state index is 13.1. The molecule has 1 amide bonds. The van der Waals surface area contributed by atoms with E-state index >= 15 is 0 Å². The summed E-state index contributed by atoms with van der Waals surface area (Å²) >= 11 is 5.50. The molecule has 172 valence electrons. The van der Waals surface area contributed by atoms with Gasteiger partial charge in [-0.1, -0.05) is 6.07 Å². The molecule has 1 heterocycles. The number of methoxy groups -OCH3 is 4. The lowest BCUT2D eigenvalue weighted by molar-refractivity contribution is -0.146. The Morgan fingerprint density at radius 3 is 2.12 bits per heavy atom. The maximum Gasteiger partial charge on any atom is 0.320 e. The summed E-state index contributed by atoms with van der Waals surface area (Å²) in [6.07, 6.45) is 0. The van der Waals surface area contributed by atoms with Crippen molar-refractivity contribution in [2.24, 2.45) is 5.92 Å². The van der Waals surface area contributed by atoms with Crippen LogP contribution in [0.1, 0.15) is 11.6 Å². The number of rotatable bonds is 9. The first-order valence-corrected chi connectivity index (χ1v) is 10.1. The number of benzene rings is 2. The minimum Gasteiger partial charge on any atom is -0.504 e. The number of anilines is 1. The Morgan fingerprint density at radius 2 is 1.62 bits per heavy atom. The fourth-order valence-electron chi connectivity index (χ4n) is 3.70. The molecule has 0 radical (unpaired) electrons. The summed E-state index contributed by atoms with van der Waals surface area (Å²) in [5, 5.41) is 10.3. The Balaban J connectivity index is 2.04. The largest absolute Gasteiger partial charge is 0.504 e. The molecule has 0 aliphatic carbocycles. The van der Waals surface area contributed by atoms with Crippen molar-refractivity contribution in [2.75, 3.05) is 45.8 Å². The number of halogens is 1. The Kier molecular flexibility index (Phi) is 7.19. The van der Waals surface area contributed by atoms with Crippen LogP contribution in [0.25, 0.3) is 0 Å². The molecule has 0 unspecified atom stereocenters. The number of alkyl halides is 1. The van der Waals surface area contributed by atoms with Crippen molar-refractivity contribution in [3.05, 3.63) is 35.9 Å². The monoisotopic (exact) mass is 465 g/mol. The highest BCUT2D eigenvalue weighted by atomic mass is 35.5. The molecule has 1 aliphatic heterocycles. The Hall–Kier alpha value is -3.33. The van der Waals surface area contributed by atoms with Crippen molar-refractivity contribution in [1.82, 2.24) is 0 Å². The highest BCUT2D eigenvalue weighted by molar-refractivity contribution is 6.26. The lowest BCUT2D eigenvalue weighted by Crippen LogP contribution is -2.57. The van der Waals surface area contributed by atoms with Gasteiger partial charge >= 0.3 is 5.97 Å². The van der Waals surface area contributed by atoms with Gasteiger partial charge in [-0.05, 0) is 17.7 Å². The van der Waals surface area contributed by atoms with Gasteiger partial charge in [-0.3, -0.25) is 9.59 Å². The number of esters is 1. The van der Waals surface area contributed by atoms with E-state index in [0.717, 1.165) is 0 Å². The minimum absolute atomic E-state index is 0.0781. The Labute approximate surface area is 190 Å². The van der Waals surface area contributed by atoms with E-state index in [1.165, 1.54) is 39.4 Å². The fraction of sp³-hybridized carbons (Fsp3) is 0.364. The number of β-lactam (4-membered cyclic amide) rings is 1. The maximum absolute atomic E-state index is 13.1. The molecule has 2 aromatic carbocycles. The van der Waals surface area contributed by atoms with Crippen LogP contribution in [0.3, 0.4) is 0 Å². The van der Waals surface area contributed by atoms with Crippen LogP contribution in [0.4, 0.5) is 5.69 Å². The first-order chi connectivity index (χ1) is 15.4. The first kappa shape index (κ1) is 23.3. The van der Waals surface area contributed by atoms with Gasteiger partial charge in [0.1, 0.15) is 12.5 Å². The number of aromatic hydroxyl groups is 1. The lowest BCUT2D eigenvalue weighted by atomic mass is 9.82. The van der Waals surface area contributed by atoms with Crippen LogP contribution >= 0.6 is 11.6 Å². The molecule has 1 saturated heterocycles. The number of nitrogens with zero attached hydrogens (tertiary/aromatic N) is 1. The summed E-state index contributed by atoms with van der Waals surface area (Å²) in [6.45, 7) is -0.150.